The van der Waals surface area contributed by atoms with E-state index in [2.05, 4.69) is 0 Å². The van der Waals surface area contributed by atoms with Crippen LogP contribution in [0.5, 0.6) is 17.2 Å². The van der Waals surface area contributed by atoms with Crippen LogP contribution in [0.3, 0.4) is 0 Å². The number of aromatic hydroxyl groups is 2. The normalized spacial score (nSPS) is 42.0. The van der Waals surface area contributed by atoms with E-state index in [1.807, 2.05) is 0 Å². The molecule has 24 nitrogen and oxygen atoms in total. The number of hydrogen-bond donors (Lipinski definition) is 10. The first-order valence-corrected chi connectivity index (χ1v) is 25.9. The second-order valence-corrected chi connectivity index (χ2v) is 21.5. The fourth-order valence-electron chi connectivity index (χ4n) is 11.3. The van der Waals surface area contributed by atoms with Gasteiger partial charge in [-0.15, -0.1) is 0 Å². The second-order valence-electron chi connectivity index (χ2n) is 21.5. The zero-order chi connectivity index (χ0) is 55.6. The molecule has 1 aliphatic carbocycles. The summed E-state index contributed by atoms with van der Waals surface area (Å²) in [7, 11) is 1.15. The first-order valence-electron chi connectivity index (χ1n) is 25.9. The Morgan fingerprint density at radius 3 is 1.70 bits per heavy atom. The smallest absolute Gasteiger partial charge is 0.202 e. The van der Waals surface area contributed by atoms with E-state index in [1.54, 1.807) is 27.7 Å². The molecule has 8 rings (SSSR count). The molecule has 5 heterocycles. The van der Waals surface area contributed by atoms with Crippen LogP contribution in [-0.4, -0.2) is 216 Å². The van der Waals surface area contributed by atoms with Gasteiger partial charge in [0.15, 0.2) is 48.6 Å². The number of aliphatic hydroxyl groups is 8. The molecule has 0 aromatic heterocycles. The molecular formula is C52H74O24. The van der Waals surface area contributed by atoms with Crippen LogP contribution >= 0.6 is 0 Å². The van der Waals surface area contributed by atoms with Crippen LogP contribution in [0.1, 0.15) is 102 Å². The summed E-state index contributed by atoms with van der Waals surface area (Å²) in [5.74, 6) is -5.16. The van der Waals surface area contributed by atoms with Gasteiger partial charge < -0.3 is 103 Å². The third-order valence-electron chi connectivity index (χ3n) is 15.8. The Hall–Kier alpha value is -3.61. The summed E-state index contributed by atoms with van der Waals surface area (Å²) in [6.45, 7) is 11.9. The zero-order valence-electron chi connectivity index (χ0n) is 43.9. The highest BCUT2D eigenvalue weighted by atomic mass is 16.7. The van der Waals surface area contributed by atoms with Crippen molar-refractivity contribution in [3.05, 3.63) is 28.8 Å². The Morgan fingerprint density at radius 2 is 1.17 bits per heavy atom. The maximum Gasteiger partial charge on any atom is 0.202 e. The van der Waals surface area contributed by atoms with Crippen LogP contribution < -0.4 is 4.74 Å². The Kier molecular flexibility index (Phi) is 17.9. The number of benzene rings is 2. The number of ether oxygens (including phenoxy) is 11. The molecule has 0 bridgehead atoms. The van der Waals surface area contributed by atoms with E-state index in [0.29, 0.717) is 0 Å². The first kappa shape index (κ1) is 58.5. The number of Topliss-reactive ketones (excluding diaryl/α,β-unsaturated/α-hetero) is 3. The lowest BCUT2D eigenvalue weighted by molar-refractivity contribution is -0.334. The van der Waals surface area contributed by atoms with E-state index in [4.69, 9.17) is 52.1 Å². The molecule has 0 unspecified atom stereocenters. The Morgan fingerprint density at radius 1 is 0.684 bits per heavy atom. The van der Waals surface area contributed by atoms with Crippen molar-refractivity contribution in [1.82, 2.24) is 0 Å². The number of ketones is 3. The summed E-state index contributed by atoms with van der Waals surface area (Å²) in [6.07, 6.45) is -25.9. The average Bonchev–Trinajstić information content (AvgIpc) is 3.38. The number of rotatable bonds is 15. The SMILES string of the molecule is CO[C@H](C(=O)[C@@H](O)C(C)=O)[C@@H]1Cc2cc3cc(O[C@H]4C[C@@H](O[C@H]5C[C@@H](O)[C@H](O)[C@@H](C)O5)[C@H](O)[C@@H](C)O4)c(C)c(O)c3c(O)c2C(=O)[C@H]1O[C@H]1C[C@@H](O[C@H]2C[C@@H](O[C@H]3C[C@](C)(O)[C@H](O)[C@@H](C)O3)[C@@H](O)[C@@H](C)O2)[C@H](O)[C@@H](C)O1. The van der Waals surface area contributed by atoms with E-state index < -0.39 is 176 Å². The molecule has 5 aliphatic heterocycles. The fraction of sp³-hybridized carbons (Fsp3) is 0.750. The number of phenols is 2. The van der Waals surface area contributed by atoms with Gasteiger partial charge in [0.2, 0.25) is 6.29 Å². The summed E-state index contributed by atoms with van der Waals surface area (Å²) in [4.78, 5) is 41.2. The molecule has 5 saturated heterocycles. The van der Waals surface area contributed by atoms with Crippen LogP contribution in [0.15, 0.2) is 12.1 Å². The van der Waals surface area contributed by atoms with Crippen LogP contribution in [0.2, 0.25) is 0 Å². The number of carbonyl (C=O) groups excluding carboxylic acids is 3. The number of phenolic OH excluding ortho intramolecular Hbond substituents is 2. The maximum atomic E-state index is 15.0. The number of hydrogen-bond acceptors (Lipinski definition) is 24. The summed E-state index contributed by atoms with van der Waals surface area (Å²) >= 11 is 0. The highest BCUT2D eigenvalue weighted by Crippen LogP contribution is 2.47. The fourth-order valence-corrected chi connectivity index (χ4v) is 11.3. The van der Waals surface area contributed by atoms with Crippen molar-refractivity contribution < 1.29 is 118 Å². The average molecular weight is 1080 g/mol. The van der Waals surface area contributed by atoms with Crippen molar-refractivity contribution >= 4 is 28.1 Å². The van der Waals surface area contributed by atoms with Gasteiger partial charge in [-0.25, -0.2) is 0 Å². The molecule has 10 N–H and O–H groups in total. The largest absolute Gasteiger partial charge is 0.507 e. The molecule has 2 aromatic carbocycles. The van der Waals surface area contributed by atoms with Gasteiger partial charge in [0.25, 0.3) is 0 Å². The molecule has 5 fully saturated rings. The summed E-state index contributed by atoms with van der Waals surface area (Å²) < 4.78 is 66.4. The maximum absolute atomic E-state index is 15.0. The lowest BCUT2D eigenvalue weighted by atomic mass is 9.75. The van der Waals surface area contributed by atoms with Crippen molar-refractivity contribution in [1.29, 1.82) is 0 Å². The van der Waals surface area contributed by atoms with Crippen LogP contribution in [0, 0.1) is 12.8 Å². The van der Waals surface area contributed by atoms with Crippen molar-refractivity contribution in [3.8, 4) is 17.2 Å². The van der Waals surface area contributed by atoms with Gasteiger partial charge in [-0.05, 0) is 84.9 Å². The van der Waals surface area contributed by atoms with E-state index >= 15 is 4.79 Å². The summed E-state index contributed by atoms with van der Waals surface area (Å²) in [5, 5.41) is 110. The Bertz CT molecular complexity index is 2410. The van der Waals surface area contributed by atoms with Gasteiger partial charge in [-0.1, -0.05) is 0 Å². The van der Waals surface area contributed by atoms with Crippen molar-refractivity contribution in [3.63, 3.8) is 0 Å². The van der Waals surface area contributed by atoms with Crippen LogP contribution in [0.25, 0.3) is 10.8 Å². The molecule has 0 amide bonds. The predicted octanol–water partition coefficient (Wildman–Crippen LogP) is -0.0411. The first-order chi connectivity index (χ1) is 35.7. The van der Waals surface area contributed by atoms with Gasteiger partial charge in [0.1, 0.15) is 60.0 Å². The quantitative estimate of drug-likeness (QED) is 0.105. The van der Waals surface area contributed by atoms with Crippen molar-refractivity contribution in [2.75, 3.05) is 7.11 Å². The zero-order valence-corrected chi connectivity index (χ0v) is 43.9. The Labute approximate surface area is 438 Å². The molecular weight excluding hydrogens is 1010 g/mol. The van der Waals surface area contributed by atoms with Gasteiger partial charge >= 0.3 is 0 Å². The topological polar surface area (TPSA) is 355 Å². The van der Waals surface area contributed by atoms with Gasteiger partial charge in [0, 0.05) is 50.7 Å². The third kappa shape index (κ3) is 11.8. The molecule has 6 aliphatic rings. The van der Waals surface area contributed by atoms with E-state index in [-0.39, 0.29) is 71.7 Å². The predicted molar refractivity (Wildman–Crippen MR) is 258 cm³/mol. The lowest BCUT2D eigenvalue weighted by Crippen LogP contribution is -2.58. The molecule has 426 valence electrons. The highest BCUT2D eigenvalue weighted by molar-refractivity contribution is 6.12. The number of carbonyl (C=O) groups is 3. The van der Waals surface area contributed by atoms with E-state index in [0.717, 1.165) is 14.0 Å². The van der Waals surface area contributed by atoms with Crippen LogP contribution in [0.4, 0.5) is 0 Å². The van der Waals surface area contributed by atoms with Crippen molar-refractivity contribution in [2.45, 2.75) is 235 Å². The minimum atomic E-state index is -2.14. The number of aliphatic hydroxyl groups excluding tert-OH is 7. The molecule has 24 atom stereocenters. The molecule has 2 aromatic rings. The standard InChI is InChI=1S/C52H74O24/c1-18-29(72-34-14-30(43(58)21(4)68-34)73-33-13-28(54)42(57)20(3)67-33)12-26-10-25-11-27(49(66-9)48(63)41(56)19(2)53)50(47(62)39(25)46(61)38(26)40(18)55)76-36-16-31(44(59)23(6)70-36)74-35-15-32(45(60)22(5)69-35)75-37-17-52(8,65)51(64)24(7)71-37/h10,12,20-24,27-28,30-37,41-45,49-51,54-61,64-65H,11,13-17H2,1-9H3/t20-,21-,22-,23-,24-,27+,28-,30-,31-,32-,33+,34+,35+,36+,37+,41+,42-,43-,44-,45+,49+,50+,51-,52+/m1/s1. The lowest BCUT2D eigenvalue weighted by Gasteiger charge is -2.46. The van der Waals surface area contributed by atoms with Crippen molar-refractivity contribution in [2.24, 2.45) is 5.92 Å². The molecule has 76 heavy (non-hydrogen) atoms. The van der Waals surface area contributed by atoms with Gasteiger partial charge in [-0.2, -0.15) is 0 Å². The molecule has 24 heteroatoms. The number of fused-ring (bicyclic) bond motifs is 2. The van der Waals surface area contributed by atoms with E-state index in [9.17, 15) is 60.7 Å². The highest BCUT2D eigenvalue weighted by Gasteiger charge is 2.51. The molecule has 0 saturated carbocycles. The van der Waals surface area contributed by atoms with Crippen LogP contribution in [-0.2, 0) is 63.4 Å². The summed E-state index contributed by atoms with van der Waals surface area (Å²) in [6, 6.07) is 3.00. The summed E-state index contributed by atoms with van der Waals surface area (Å²) in [5.41, 5.74) is -1.52. The van der Waals surface area contributed by atoms with Gasteiger partial charge in [-0.3, -0.25) is 14.4 Å². The van der Waals surface area contributed by atoms with Gasteiger partial charge in [0.05, 0.1) is 71.5 Å². The minimum absolute atomic E-state index is 0.0426. The van der Waals surface area contributed by atoms with E-state index in [1.165, 1.54) is 32.9 Å². The minimum Gasteiger partial charge on any atom is -0.507 e. The Balaban J connectivity index is 1.04. The molecule has 0 radical (unpaired) electrons. The third-order valence-corrected chi connectivity index (χ3v) is 15.8. The number of methoxy groups -OCH3 is 1. The monoisotopic (exact) mass is 1080 g/mol. The molecule has 0 spiro atoms. The second kappa shape index (κ2) is 23.2.